The predicted molar refractivity (Wildman–Crippen MR) is 83.6 cm³/mol. The number of rotatable bonds is 6. The van der Waals surface area contributed by atoms with Gasteiger partial charge in [0, 0.05) is 23.6 Å². The molecule has 110 valence electrons. The molecule has 1 aromatic heterocycles. The first-order valence-electron chi connectivity index (χ1n) is 7.09. The van der Waals surface area contributed by atoms with Gasteiger partial charge in [0.05, 0.1) is 6.61 Å². The van der Waals surface area contributed by atoms with E-state index in [2.05, 4.69) is 24.1 Å². The summed E-state index contributed by atoms with van der Waals surface area (Å²) in [7, 11) is 0. The van der Waals surface area contributed by atoms with Crippen molar-refractivity contribution in [3.05, 3.63) is 54.4 Å². The normalized spacial score (nSPS) is 10.4. The largest absolute Gasteiger partial charge is 0.494 e. The third-order valence-corrected chi connectivity index (χ3v) is 3.02. The highest BCUT2D eigenvalue weighted by Crippen LogP contribution is 2.17. The van der Waals surface area contributed by atoms with Crippen molar-refractivity contribution in [2.24, 2.45) is 5.92 Å². The lowest BCUT2D eigenvalue weighted by atomic mass is 10.1. The van der Waals surface area contributed by atoms with Gasteiger partial charge in [-0.05, 0) is 48.7 Å². The SMILES string of the molecule is CC(C)CCOc1ccc(NC(=O)c2ccncc2)cc1. The molecule has 0 radical (unpaired) electrons. The number of aromatic nitrogens is 1. The second-order valence-electron chi connectivity index (χ2n) is 5.25. The van der Waals surface area contributed by atoms with Crippen LogP contribution in [0.3, 0.4) is 0 Å². The van der Waals surface area contributed by atoms with Gasteiger partial charge in [0.25, 0.3) is 5.91 Å². The Hall–Kier alpha value is -2.36. The number of benzene rings is 1. The topological polar surface area (TPSA) is 51.2 Å². The molecule has 2 rings (SSSR count). The third-order valence-electron chi connectivity index (χ3n) is 3.02. The van der Waals surface area contributed by atoms with Gasteiger partial charge in [0.15, 0.2) is 0 Å². The summed E-state index contributed by atoms with van der Waals surface area (Å²) in [6, 6.07) is 10.8. The number of carbonyl (C=O) groups is 1. The fourth-order valence-electron chi connectivity index (χ4n) is 1.75. The zero-order chi connectivity index (χ0) is 15.1. The maximum atomic E-state index is 12.0. The van der Waals surface area contributed by atoms with Gasteiger partial charge < -0.3 is 10.1 Å². The molecule has 0 aliphatic carbocycles. The summed E-state index contributed by atoms with van der Waals surface area (Å²) in [6.07, 6.45) is 4.22. The number of carbonyl (C=O) groups excluding carboxylic acids is 1. The Morgan fingerprint density at radius 1 is 1.14 bits per heavy atom. The Morgan fingerprint density at radius 3 is 2.43 bits per heavy atom. The van der Waals surface area contributed by atoms with Crippen molar-refractivity contribution in [3.63, 3.8) is 0 Å². The van der Waals surface area contributed by atoms with Crippen LogP contribution in [0.2, 0.25) is 0 Å². The Balaban J connectivity index is 1.89. The molecular formula is C17H20N2O2. The van der Waals surface area contributed by atoms with Crippen LogP contribution in [0.15, 0.2) is 48.8 Å². The monoisotopic (exact) mass is 284 g/mol. The van der Waals surface area contributed by atoms with E-state index in [0.29, 0.717) is 18.1 Å². The number of amides is 1. The molecule has 0 saturated heterocycles. The molecule has 1 amide bonds. The van der Waals surface area contributed by atoms with Crippen LogP contribution >= 0.6 is 0 Å². The fourth-order valence-corrected chi connectivity index (χ4v) is 1.75. The first kappa shape index (κ1) is 15.0. The molecule has 0 atom stereocenters. The van der Waals surface area contributed by atoms with E-state index < -0.39 is 0 Å². The van der Waals surface area contributed by atoms with Gasteiger partial charge in [-0.15, -0.1) is 0 Å². The fraction of sp³-hybridized carbons (Fsp3) is 0.294. The number of ether oxygens (including phenoxy) is 1. The molecule has 0 aliphatic heterocycles. The zero-order valence-corrected chi connectivity index (χ0v) is 12.4. The third kappa shape index (κ3) is 4.91. The Kier molecular flexibility index (Phi) is 5.32. The van der Waals surface area contributed by atoms with Crippen LogP contribution in [0, 0.1) is 5.92 Å². The first-order chi connectivity index (χ1) is 10.1. The molecule has 0 spiro atoms. The molecule has 0 unspecified atom stereocenters. The number of hydrogen-bond acceptors (Lipinski definition) is 3. The van der Waals surface area contributed by atoms with Crippen LogP contribution in [-0.2, 0) is 0 Å². The van der Waals surface area contributed by atoms with Gasteiger partial charge >= 0.3 is 0 Å². The molecule has 0 saturated carbocycles. The molecule has 21 heavy (non-hydrogen) atoms. The number of pyridine rings is 1. The minimum Gasteiger partial charge on any atom is -0.494 e. The molecule has 1 aromatic carbocycles. The van der Waals surface area contributed by atoms with Gasteiger partial charge in [-0.1, -0.05) is 13.8 Å². The van der Waals surface area contributed by atoms with Gasteiger partial charge in [0.1, 0.15) is 5.75 Å². The number of anilines is 1. The van der Waals surface area contributed by atoms with E-state index >= 15 is 0 Å². The van der Waals surface area contributed by atoms with E-state index in [1.54, 1.807) is 24.5 Å². The van der Waals surface area contributed by atoms with E-state index in [4.69, 9.17) is 4.74 Å². The quantitative estimate of drug-likeness (QED) is 0.878. The van der Waals surface area contributed by atoms with Crippen LogP contribution in [0.5, 0.6) is 5.75 Å². The molecule has 1 N–H and O–H groups in total. The summed E-state index contributed by atoms with van der Waals surface area (Å²) >= 11 is 0. The van der Waals surface area contributed by atoms with E-state index in [9.17, 15) is 4.79 Å². The summed E-state index contributed by atoms with van der Waals surface area (Å²) in [5.74, 6) is 1.30. The van der Waals surface area contributed by atoms with Gasteiger partial charge in [-0.3, -0.25) is 9.78 Å². The maximum Gasteiger partial charge on any atom is 0.255 e. The van der Waals surface area contributed by atoms with Crippen LogP contribution in [-0.4, -0.2) is 17.5 Å². The zero-order valence-electron chi connectivity index (χ0n) is 12.4. The van der Waals surface area contributed by atoms with E-state index in [1.165, 1.54) is 0 Å². The predicted octanol–water partition coefficient (Wildman–Crippen LogP) is 3.76. The van der Waals surface area contributed by atoms with Gasteiger partial charge in [0.2, 0.25) is 0 Å². The van der Waals surface area contributed by atoms with Crippen LogP contribution < -0.4 is 10.1 Å². The molecule has 0 aliphatic rings. The van der Waals surface area contributed by atoms with Crippen molar-refractivity contribution < 1.29 is 9.53 Å². The minimum absolute atomic E-state index is 0.147. The number of nitrogens with one attached hydrogen (secondary N) is 1. The van der Waals surface area contributed by atoms with Crippen molar-refractivity contribution >= 4 is 11.6 Å². The lowest BCUT2D eigenvalue weighted by Crippen LogP contribution is -2.11. The van der Waals surface area contributed by atoms with E-state index in [-0.39, 0.29) is 5.91 Å². The first-order valence-corrected chi connectivity index (χ1v) is 7.09. The highest BCUT2D eigenvalue weighted by Gasteiger charge is 2.05. The molecule has 4 heteroatoms. The average molecular weight is 284 g/mol. The van der Waals surface area contributed by atoms with Crippen molar-refractivity contribution in [3.8, 4) is 5.75 Å². The minimum atomic E-state index is -0.147. The number of hydrogen-bond donors (Lipinski definition) is 1. The average Bonchev–Trinajstić information content (AvgIpc) is 2.49. The Morgan fingerprint density at radius 2 is 1.81 bits per heavy atom. The summed E-state index contributed by atoms with van der Waals surface area (Å²) in [6.45, 7) is 5.04. The molecule has 4 nitrogen and oxygen atoms in total. The van der Waals surface area contributed by atoms with Gasteiger partial charge in [-0.2, -0.15) is 0 Å². The molecule has 1 heterocycles. The Labute approximate surface area is 125 Å². The number of nitrogens with zero attached hydrogens (tertiary/aromatic N) is 1. The van der Waals surface area contributed by atoms with E-state index in [1.807, 2.05) is 24.3 Å². The highest BCUT2D eigenvalue weighted by molar-refractivity contribution is 6.04. The van der Waals surface area contributed by atoms with Crippen LogP contribution in [0.1, 0.15) is 30.6 Å². The maximum absolute atomic E-state index is 12.0. The standard InChI is InChI=1S/C17H20N2O2/c1-13(2)9-12-21-16-5-3-15(4-6-16)19-17(20)14-7-10-18-11-8-14/h3-8,10-11,13H,9,12H2,1-2H3,(H,19,20). The molecular weight excluding hydrogens is 264 g/mol. The molecule has 0 fully saturated rings. The lowest BCUT2D eigenvalue weighted by molar-refractivity contribution is 0.102. The van der Waals surface area contributed by atoms with E-state index in [0.717, 1.165) is 17.9 Å². The van der Waals surface area contributed by atoms with Crippen molar-refractivity contribution in [2.75, 3.05) is 11.9 Å². The smallest absolute Gasteiger partial charge is 0.255 e. The van der Waals surface area contributed by atoms with Crippen LogP contribution in [0.4, 0.5) is 5.69 Å². The molecule has 2 aromatic rings. The van der Waals surface area contributed by atoms with Crippen molar-refractivity contribution in [1.29, 1.82) is 0 Å². The summed E-state index contributed by atoms with van der Waals surface area (Å²) in [5, 5.41) is 2.84. The lowest BCUT2D eigenvalue weighted by Gasteiger charge is -2.09. The van der Waals surface area contributed by atoms with Crippen LogP contribution in [0.25, 0.3) is 0 Å². The summed E-state index contributed by atoms with van der Waals surface area (Å²) in [4.78, 5) is 15.9. The second-order valence-corrected chi connectivity index (χ2v) is 5.25. The summed E-state index contributed by atoms with van der Waals surface area (Å²) in [5.41, 5.74) is 1.33. The van der Waals surface area contributed by atoms with Crippen molar-refractivity contribution in [1.82, 2.24) is 4.98 Å². The van der Waals surface area contributed by atoms with Crippen molar-refractivity contribution in [2.45, 2.75) is 20.3 Å². The highest BCUT2D eigenvalue weighted by atomic mass is 16.5. The second kappa shape index (κ2) is 7.43. The summed E-state index contributed by atoms with van der Waals surface area (Å²) < 4.78 is 5.64. The van der Waals surface area contributed by atoms with Gasteiger partial charge in [-0.25, -0.2) is 0 Å². The molecule has 0 bridgehead atoms. The Bertz CT molecular complexity index is 565.